The van der Waals surface area contributed by atoms with E-state index in [0.717, 1.165) is 24.3 Å². The van der Waals surface area contributed by atoms with Crippen molar-refractivity contribution in [2.75, 3.05) is 0 Å². The van der Waals surface area contributed by atoms with Crippen molar-refractivity contribution in [3.63, 3.8) is 0 Å². The van der Waals surface area contributed by atoms with Crippen LogP contribution in [0, 0.1) is 24.2 Å². The number of ether oxygens (including phenoxy) is 2. The molecule has 196 valence electrons. The Morgan fingerprint density at radius 1 is 1.26 bits per heavy atom. The normalized spacial score (nSPS) is 37.5. The second-order valence-corrected chi connectivity index (χ2v) is 12.4. The van der Waals surface area contributed by atoms with Crippen molar-refractivity contribution in [1.29, 1.82) is 0 Å². The molecule has 1 aromatic heterocycles. The second-order valence-electron chi connectivity index (χ2n) is 10.9. The Labute approximate surface area is 216 Å². The standard InChI is InChI=1S/C26H38ClNO6S/c1-14-8-7-9-26(6)21(34-26)11-19(18(27)10-17-13-35-16(3)28-17)33-22(30)12-20(29)25(4,5)24(32)15(2)23(14)31/h10,13-15,19-21,23,29,31H,7-9,11-12H2,1-6H3. The van der Waals surface area contributed by atoms with Crippen molar-refractivity contribution in [3.05, 3.63) is 21.1 Å². The minimum absolute atomic E-state index is 0.0905. The van der Waals surface area contributed by atoms with Crippen LogP contribution in [0.4, 0.5) is 0 Å². The van der Waals surface area contributed by atoms with Crippen LogP contribution in [0.15, 0.2) is 10.4 Å². The Kier molecular flexibility index (Phi) is 8.86. The molecule has 2 fully saturated rings. The lowest BCUT2D eigenvalue weighted by Crippen LogP contribution is -2.45. The first-order valence-electron chi connectivity index (χ1n) is 12.3. The fourth-order valence-corrected chi connectivity index (χ4v) is 5.68. The van der Waals surface area contributed by atoms with E-state index in [0.29, 0.717) is 17.1 Å². The minimum atomic E-state index is -1.27. The van der Waals surface area contributed by atoms with Crippen molar-refractivity contribution >= 4 is 40.8 Å². The maximum absolute atomic E-state index is 13.2. The summed E-state index contributed by atoms with van der Waals surface area (Å²) in [5, 5.41) is 24.8. The van der Waals surface area contributed by atoms with Crippen LogP contribution in [-0.4, -0.2) is 57.0 Å². The quantitative estimate of drug-likeness (QED) is 0.425. The molecular formula is C26H38ClNO6S. The Morgan fingerprint density at radius 2 is 1.94 bits per heavy atom. The predicted octanol–water partition coefficient (Wildman–Crippen LogP) is 4.65. The summed E-state index contributed by atoms with van der Waals surface area (Å²) in [5.41, 5.74) is -0.904. The number of hydrogen-bond donors (Lipinski definition) is 2. The average Bonchev–Trinajstić information content (AvgIpc) is 3.22. The zero-order valence-corrected chi connectivity index (χ0v) is 23.0. The highest BCUT2D eigenvalue weighted by Gasteiger charge is 2.53. The average molecular weight is 528 g/mol. The van der Waals surface area contributed by atoms with Crippen LogP contribution < -0.4 is 0 Å². The van der Waals surface area contributed by atoms with Crippen LogP contribution in [0.3, 0.4) is 0 Å². The molecule has 9 heteroatoms. The lowest BCUT2D eigenvalue weighted by Gasteiger charge is -2.34. The van der Waals surface area contributed by atoms with Crippen LogP contribution in [0.1, 0.15) is 77.4 Å². The number of thiazole rings is 1. The second kappa shape index (κ2) is 11.0. The van der Waals surface area contributed by atoms with Gasteiger partial charge in [-0.25, -0.2) is 4.98 Å². The number of fused-ring (bicyclic) bond motifs is 1. The molecule has 2 saturated heterocycles. The number of Topliss-reactive ketones (excluding diaryl/α,β-unsaturated/α-hetero) is 1. The molecule has 0 bridgehead atoms. The number of aliphatic hydroxyl groups is 2. The molecule has 2 aliphatic heterocycles. The van der Waals surface area contributed by atoms with Gasteiger partial charge < -0.3 is 19.7 Å². The molecule has 0 spiro atoms. The maximum atomic E-state index is 13.2. The van der Waals surface area contributed by atoms with Gasteiger partial charge in [-0.1, -0.05) is 45.7 Å². The molecule has 0 aliphatic carbocycles. The summed E-state index contributed by atoms with van der Waals surface area (Å²) >= 11 is 8.11. The lowest BCUT2D eigenvalue weighted by molar-refractivity contribution is -0.154. The summed E-state index contributed by atoms with van der Waals surface area (Å²) in [6.45, 7) is 10.7. The largest absolute Gasteiger partial charge is 0.456 e. The van der Waals surface area contributed by atoms with Crippen molar-refractivity contribution < 1.29 is 29.3 Å². The van der Waals surface area contributed by atoms with E-state index in [1.807, 2.05) is 26.2 Å². The highest BCUT2D eigenvalue weighted by Crippen LogP contribution is 2.45. The number of ketones is 1. The van der Waals surface area contributed by atoms with Gasteiger partial charge in [0, 0.05) is 17.7 Å². The number of aromatic nitrogens is 1. The smallest absolute Gasteiger partial charge is 0.309 e. The summed E-state index contributed by atoms with van der Waals surface area (Å²) in [7, 11) is 0. The van der Waals surface area contributed by atoms with Gasteiger partial charge in [0.05, 0.1) is 51.5 Å². The van der Waals surface area contributed by atoms with Gasteiger partial charge in [0.2, 0.25) is 0 Å². The predicted molar refractivity (Wildman–Crippen MR) is 136 cm³/mol. The highest BCUT2D eigenvalue weighted by molar-refractivity contribution is 7.09. The summed E-state index contributed by atoms with van der Waals surface area (Å²) in [6.07, 6.45) is 1.08. The van der Waals surface area contributed by atoms with Crippen molar-refractivity contribution in [2.24, 2.45) is 17.3 Å². The highest BCUT2D eigenvalue weighted by atomic mass is 35.5. The van der Waals surface area contributed by atoms with Crippen molar-refractivity contribution in [3.8, 4) is 0 Å². The lowest BCUT2D eigenvalue weighted by atomic mass is 9.73. The number of cyclic esters (lactones) is 1. The molecule has 7 unspecified atom stereocenters. The van der Waals surface area contributed by atoms with Gasteiger partial charge in [0.25, 0.3) is 0 Å². The van der Waals surface area contributed by atoms with E-state index in [4.69, 9.17) is 21.1 Å². The molecule has 0 aromatic carbocycles. The molecular weight excluding hydrogens is 490 g/mol. The van der Waals surface area contributed by atoms with Gasteiger partial charge in [0.15, 0.2) is 0 Å². The van der Waals surface area contributed by atoms with Crippen LogP contribution in [0.2, 0.25) is 0 Å². The number of halogens is 1. The third kappa shape index (κ3) is 6.72. The summed E-state index contributed by atoms with van der Waals surface area (Å²) in [4.78, 5) is 30.5. The van der Waals surface area contributed by atoms with Crippen molar-refractivity contribution in [1.82, 2.24) is 4.98 Å². The van der Waals surface area contributed by atoms with Crippen LogP contribution in [0.25, 0.3) is 6.08 Å². The number of carbonyl (C=O) groups excluding carboxylic acids is 2. The van der Waals surface area contributed by atoms with Crippen LogP contribution >= 0.6 is 22.9 Å². The fourth-order valence-electron chi connectivity index (χ4n) is 4.86. The molecule has 3 heterocycles. The van der Waals surface area contributed by atoms with Gasteiger partial charge >= 0.3 is 5.97 Å². The van der Waals surface area contributed by atoms with Gasteiger partial charge in [-0.3, -0.25) is 9.59 Å². The first kappa shape index (κ1) is 28.3. The molecule has 0 saturated carbocycles. The van der Waals surface area contributed by atoms with Gasteiger partial charge in [0.1, 0.15) is 11.9 Å². The summed E-state index contributed by atoms with van der Waals surface area (Å²) in [6, 6.07) is 0. The number of hydrogen-bond acceptors (Lipinski definition) is 8. The van der Waals surface area contributed by atoms with E-state index in [9.17, 15) is 19.8 Å². The van der Waals surface area contributed by atoms with E-state index in [1.165, 1.54) is 11.3 Å². The third-order valence-electron chi connectivity index (χ3n) is 7.64. The molecule has 35 heavy (non-hydrogen) atoms. The van der Waals surface area contributed by atoms with E-state index >= 15 is 0 Å². The Hall–Kier alpha value is -1.32. The fraction of sp³-hybridized carbons (Fsp3) is 0.731. The van der Waals surface area contributed by atoms with E-state index < -0.39 is 35.6 Å². The zero-order chi connectivity index (χ0) is 26.1. The van der Waals surface area contributed by atoms with Crippen LogP contribution in [0.5, 0.6) is 0 Å². The molecule has 3 rings (SSSR count). The van der Waals surface area contributed by atoms with Crippen LogP contribution in [-0.2, 0) is 19.1 Å². The number of nitrogens with zero attached hydrogens (tertiary/aromatic N) is 1. The summed E-state index contributed by atoms with van der Waals surface area (Å²) in [5.74, 6) is -1.70. The molecule has 1 aromatic rings. The molecule has 2 aliphatic rings. The number of esters is 1. The topological polar surface area (TPSA) is 109 Å². The van der Waals surface area contributed by atoms with E-state index in [1.54, 1.807) is 26.8 Å². The van der Waals surface area contributed by atoms with Gasteiger partial charge in [-0.15, -0.1) is 11.3 Å². The van der Waals surface area contributed by atoms with E-state index in [-0.39, 0.29) is 29.8 Å². The number of aliphatic hydroxyl groups excluding tert-OH is 2. The third-order valence-corrected chi connectivity index (χ3v) is 8.78. The Balaban J connectivity index is 1.85. The first-order chi connectivity index (χ1) is 16.2. The molecule has 7 atom stereocenters. The van der Waals surface area contributed by atoms with Crippen molar-refractivity contribution in [2.45, 2.75) is 104 Å². The zero-order valence-electron chi connectivity index (χ0n) is 21.4. The van der Waals surface area contributed by atoms with Gasteiger partial charge in [-0.05, 0) is 38.7 Å². The molecule has 0 radical (unpaired) electrons. The maximum Gasteiger partial charge on any atom is 0.309 e. The molecule has 2 N–H and O–H groups in total. The summed E-state index contributed by atoms with van der Waals surface area (Å²) < 4.78 is 11.7. The molecule has 0 amide bonds. The number of rotatable bonds is 2. The van der Waals surface area contributed by atoms with E-state index in [2.05, 4.69) is 4.98 Å². The minimum Gasteiger partial charge on any atom is -0.456 e. The SMILES string of the molecule is Cc1nc(C=C(Cl)C2CC3OC3(C)CCCC(C)C(O)C(C)C(=O)C(C)(C)C(O)CC(=O)O2)cs1. The molecule has 7 nitrogen and oxygen atoms in total. The number of epoxide rings is 1. The monoisotopic (exact) mass is 527 g/mol. The van der Waals surface area contributed by atoms with Gasteiger partial charge in [-0.2, -0.15) is 0 Å². The number of carbonyl (C=O) groups is 2. The number of aryl methyl sites for hydroxylation is 1. The first-order valence-corrected chi connectivity index (χ1v) is 13.6. The Morgan fingerprint density at radius 3 is 2.57 bits per heavy atom. The Bertz CT molecular complexity index is 961.